The zero-order valence-electron chi connectivity index (χ0n) is 9.29. The second-order valence-electron chi connectivity index (χ2n) is 4.32. The van der Waals surface area contributed by atoms with Crippen LogP contribution in [0.5, 0.6) is 0 Å². The number of H-pyrrole nitrogens is 1. The molecule has 0 aromatic carbocycles. The number of nitrogens with one attached hydrogen (secondary N) is 1. The molecule has 1 saturated heterocycles. The Hall–Kier alpha value is -1.16. The molecule has 1 aromatic heterocycles. The SMILES string of the molecule is CC(=O)c1cc(CC2CCCN2C)[nH]n1. The maximum Gasteiger partial charge on any atom is 0.179 e. The molecule has 1 atom stereocenters. The molecule has 15 heavy (non-hydrogen) atoms. The molecule has 4 nitrogen and oxygen atoms in total. The first-order valence-electron chi connectivity index (χ1n) is 5.42. The number of aromatic amines is 1. The minimum atomic E-state index is 0.0253. The molecule has 1 unspecified atom stereocenters. The third-order valence-electron chi connectivity index (χ3n) is 3.12. The topological polar surface area (TPSA) is 49.0 Å². The lowest BCUT2D eigenvalue weighted by Crippen LogP contribution is -2.26. The number of Topliss-reactive ketones (excluding diaryl/α,β-unsaturated/α-hetero) is 1. The summed E-state index contributed by atoms with van der Waals surface area (Å²) in [5, 5.41) is 6.93. The molecule has 0 bridgehead atoms. The highest BCUT2D eigenvalue weighted by molar-refractivity contribution is 5.92. The van der Waals surface area contributed by atoms with Crippen LogP contribution in [-0.4, -0.2) is 40.5 Å². The van der Waals surface area contributed by atoms with Crippen molar-refractivity contribution in [3.63, 3.8) is 0 Å². The number of hydrogen-bond acceptors (Lipinski definition) is 3. The van der Waals surface area contributed by atoms with Crippen LogP contribution in [0.4, 0.5) is 0 Å². The van der Waals surface area contributed by atoms with E-state index < -0.39 is 0 Å². The van der Waals surface area contributed by atoms with Crippen molar-refractivity contribution in [2.24, 2.45) is 0 Å². The summed E-state index contributed by atoms with van der Waals surface area (Å²) >= 11 is 0. The Morgan fingerprint density at radius 2 is 2.53 bits per heavy atom. The molecule has 0 radical (unpaired) electrons. The van der Waals surface area contributed by atoms with Crippen LogP contribution in [0.3, 0.4) is 0 Å². The molecule has 1 aliphatic heterocycles. The predicted molar refractivity (Wildman–Crippen MR) is 57.9 cm³/mol. The van der Waals surface area contributed by atoms with E-state index in [2.05, 4.69) is 22.1 Å². The van der Waals surface area contributed by atoms with Crippen molar-refractivity contribution in [2.75, 3.05) is 13.6 Å². The quantitative estimate of drug-likeness (QED) is 0.759. The molecule has 82 valence electrons. The maximum atomic E-state index is 11.1. The van der Waals surface area contributed by atoms with Crippen molar-refractivity contribution in [1.29, 1.82) is 0 Å². The monoisotopic (exact) mass is 207 g/mol. The molecule has 2 rings (SSSR count). The van der Waals surface area contributed by atoms with Gasteiger partial charge in [-0.2, -0.15) is 5.10 Å². The van der Waals surface area contributed by atoms with Gasteiger partial charge >= 0.3 is 0 Å². The van der Waals surface area contributed by atoms with E-state index in [9.17, 15) is 4.79 Å². The predicted octanol–water partition coefficient (Wildman–Crippen LogP) is 1.25. The van der Waals surface area contributed by atoms with Gasteiger partial charge in [0.2, 0.25) is 0 Å². The number of hydrogen-bond donors (Lipinski definition) is 1. The summed E-state index contributed by atoms with van der Waals surface area (Å²) in [6, 6.07) is 2.47. The van der Waals surface area contributed by atoms with Gasteiger partial charge in [-0.05, 0) is 32.5 Å². The second-order valence-corrected chi connectivity index (χ2v) is 4.32. The van der Waals surface area contributed by atoms with Crippen molar-refractivity contribution >= 4 is 5.78 Å². The summed E-state index contributed by atoms with van der Waals surface area (Å²) in [5.41, 5.74) is 1.62. The molecule has 0 saturated carbocycles. The van der Waals surface area contributed by atoms with Gasteiger partial charge in [0.25, 0.3) is 0 Å². The van der Waals surface area contributed by atoms with E-state index in [4.69, 9.17) is 0 Å². The Labute approximate surface area is 89.7 Å². The number of aromatic nitrogens is 2. The Bertz CT molecular complexity index is 358. The summed E-state index contributed by atoms with van der Waals surface area (Å²) in [4.78, 5) is 13.4. The molecule has 1 N–H and O–H groups in total. The van der Waals surface area contributed by atoms with Crippen molar-refractivity contribution in [3.8, 4) is 0 Å². The fourth-order valence-corrected chi connectivity index (χ4v) is 2.14. The van der Waals surface area contributed by atoms with Crippen LogP contribution in [0, 0.1) is 0 Å². The van der Waals surface area contributed by atoms with E-state index in [1.165, 1.54) is 19.4 Å². The van der Waals surface area contributed by atoms with Crippen LogP contribution >= 0.6 is 0 Å². The standard InChI is InChI=1S/C11H17N3O/c1-8(15)11-7-9(12-13-11)6-10-4-3-5-14(10)2/h7,10H,3-6H2,1-2H3,(H,12,13). The first-order chi connectivity index (χ1) is 7.16. The van der Waals surface area contributed by atoms with Crippen LogP contribution in [0.15, 0.2) is 6.07 Å². The lowest BCUT2D eigenvalue weighted by atomic mass is 10.1. The van der Waals surface area contributed by atoms with Gasteiger partial charge in [-0.15, -0.1) is 0 Å². The van der Waals surface area contributed by atoms with Gasteiger partial charge in [0.1, 0.15) is 5.69 Å². The summed E-state index contributed by atoms with van der Waals surface area (Å²) in [7, 11) is 2.15. The molecule has 1 fully saturated rings. The minimum Gasteiger partial charge on any atom is -0.303 e. The highest BCUT2D eigenvalue weighted by Crippen LogP contribution is 2.18. The van der Waals surface area contributed by atoms with E-state index in [1.54, 1.807) is 6.92 Å². The van der Waals surface area contributed by atoms with Gasteiger partial charge in [0, 0.05) is 25.1 Å². The number of rotatable bonds is 3. The first kappa shape index (κ1) is 10.4. The van der Waals surface area contributed by atoms with E-state index >= 15 is 0 Å². The van der Waals surface area contributed by atoms with Gasteiger partial charge in [0.15, 0.2) is 5.78 Å². The number of likely N-dealkylation sites (N-methyl/N-ethyl adjacent to an activating group) is 1. The van der Waals surface area contributed by atoms with Gasteiger partial charge in [0.05, 0.1) is 0 Å². The molecule has 1 aromatic rings. The van der Waals surface area contributed by atoms with Crippen molar-refractivity contribution < 1.29 is 4.79 Å². The number of likely N-dealkylation sites (tertiary alicyclic amines) is 1. The highest BCUT2D eigenvalue weighted by Gasteiger charge is 2.21. The van der Waals surface area contributed by atoms with Gasteiger partial charge in [-0.25, -0.2) is 0 Å². The molecule has 1 aliphatic rings. The van der Waals surface area contributed by atoms with Crippen LogP contribution in [0.2, 0.25) is 0 Å². The fraction of sp³-hybridized carbons (Fsp3) is 0.636. The third kappa shape index (κ3) is 2.26. The molecule has 0 spiro atoms. The van der Waals surface area contributed by atoms with Crippen LogP contribution in [-0.2, 0) is 6.42 Å². The van der Waals surface area contributed by atoms with Crippen molar-refractivity contribution in [2.45, 2.75) is 32.2 Å². The molecular weight excluding hydrogens is 190 g/mol. The molecule has 0 aliphatic carbocycles. The Kier molecular flexibility index (Phi) is 2.86. The molecule has 4 heteroatoms. The summed E-state index contributed by atoms with van der Waals surface area (Å²) in [6.45, 7) is 2.72. The molecular formula is C11H17N3O. The highest BCUT2D eigenvalue weighted by atomic mass is 16.1. The van der Waals surface area contributed by atoms with Gasteiger partial charge < -0.3 is 4.90 Å². The van der Waals surface area contributed by atoms with E-state index in [0.717, 1.165) is 12.1 Å². The minimum absolute atomic E-state index is 0.0253. The van der Waals surface area contributed by atoms with Crippen LogP contribution in [0.25, 0.3) is 0 Å². The first-order valence-corrected chi connectivity index (χ1v) is 5.42. The molecule has 0 amide bonds. The summed E-state index contributed by atoms with van der Waals surface area (Å²) in [5.74, 6) is 0.0253. The Morgan fingerprint density at radius 1 is 1.73 bits per heavy atom. The van der Waals surface area contributed by atoms with E-state index in [0.29, 0.717) is 11.7 Å². The number of carbonyl (C=O) groups is 1. The third-order valence-corrected chi connectivity index (χ3v) is 3.12. The number of nitrogens with zero attached hydrogens (tertiary/aromatic N) is 2. The molecule has 2 heterocycles. The van der Waals surface area contributed by atoms with Crippen molar-refractivity contribution in [3.05, 3.63) is 17.5 Å². The van der Waals surface area contributed by atoms with Crippen LogP contribution in [0.1, 0.15) is 35.9 Å². The second kappa shape index (κ2) is 4.14. The van der Waals surface area contributed by atoms with Crippen LogP contribution < -0.4 is 0 Å². The van der Waals surface area contributed by atoms with Gasteiger partial charge in [-0.1, -0.05) is 0 Å². The lowest BCUT2D eigenvalue weighted by molar-refractivity contribution is 0.101. The number of carbonyl (C=O) groups excluding carboxylic acids is 1. The maximum absolute atomic E-state index is 11.1. The fourth-order valence-electron chi connectivity index (χ4n) is 2.14. The Balaban J connectivity index is 2.01. The van der Waals surface area contributed by atoms with E-state index in [1.807, 2.05) is 6.07 Å². The lowest BCUT2D eigenvalue weighted by Gasteiger charge is -2.17. The van der Waals surface area contributed by atoms with Gasteiger partial charge in [-0.3, -0.25) is 9.89 Å². The van der Waals surface area contributed by atoms with Crippen molar-refractivity contribution in [1.82, 2.24) is 15.1 Å². The zero-order valence-corrected chi connectivity index (χ0v) is 9.29. The summed E-state index contributed by atoms with van der Waals surface area (Å²) < 4.78 is 0. The average molecular weight is 207 g/mol. The average Bonchev–Trinajstić information content (AvgIpc) is 2.77. The zero-order chi connectivity index (χ0) is 10.8. The number of ketones is 1. The van der Waals surface area contributed by atoms with E-state index in [-0.39, 0.29) is 5.78 Å². The Morgan fingerprint density at radius 3 is 3.07 bits per heavy atom. The summed E-state index contributed by atoms with van der Waals surface area (Å²) in [6.07, 6.45) is 3.48. The largest absolute Gasteiger partial charge is 0.303 e. The normalized spacial score (nSPS) is 22.1. The smallest absolute Gasteiger partial charge is 0.179 e.